The molecule has 0 aliphatic heterocycles. The summed E-state index contributed by atoms with van der Waals surface area (Å²) in [5.74, 6) is -0.971. The van der Waals surface area contributed by atoms with Crippen LogP contribution < -0.4 is 5.32 Å². The van der Waals surface area contributed by atoms with Crippen LogP contribution in [-0.2, 0) is 14.9 Å². The SMILES string of the molecule is CCCCCCCCCCCCCC/C=C/C(O)C(CS(=O)(=O)O)NC(=O)CCCCCCCCCCCCCCC. The molecular weight excluding hydrogens is 546 g/mol. The second kappa shape index (κ2) is 30.1. The van der Waals surface area contributed by atoms with E-state index in [0.29, 0.717) is 6.42 Å². The molecule has 6 nitrogen and oxygen atoms in total. The molecule has 2 atom stereocenters. The van der Waals surface area contributed by atoms with Crippen molar-refractivity contribution in [3.63, 3.8) is 0 Å². The molecule has 0 aromatic rings. The van der Waals surface area contributed by atoms with Crippen LogP contribution in [0.4, 0.5) is 0 Å². The molecule has 250 valence electrons. The Bertz CT molecular complexity index is 725. The number of rotatable bonds is 32. The van der Waals surface area contributed by atoms with Crippen molar-refractivity contribution in [2.24, 2.45) is 0 Å². The number of nitrogens with one attached hydrogen (secondary N) is 1. The van der Waals surface area contributed by atoms with Crippen LogP contribution in [0.25, 0.3) is 0 Å². The molecule has 0 aliphatic carbocycles. The molecule has 0 aliphatic rings. The molecule has 1 amide bonds. The summed E-state index contributed by atoms with van der Waals surface area (Å²) in [6, 6.07) is -1.05. The highest BCUT2D eigenvalue weighted by molar-refractivity contribution is 7.85. The lowest BCUT2D eigenvalue weighted by Crippen LogP contribution is -2.46. The number of aliphatic hydroxyl groups is 1. The van der Waals surface area contributed by atoms with Crippen molar-refractivity contribution in [2.75, 3.05) is 5.75 Å². The average Bonchev–Trinajstić information content (AvgIpc) is 2.94. The van der Waals surface area contributed by atoms with Crippen LogP contribution in [0.3, 0.4) is 0 Å². The molecule has 0 fully saturated rings. The average molecular weight is 616 g/mol. The molecule has 0 spiro atoms. The van der Waals surface area contributed by atoms with Crippen molar-refractivity contribution >= 4 is 16.0 Å². The van der Waals surface area contributed by atoms with E-state index in [9.17, 15) is 22.9 Å². The number of allylic oxidation sites excluding steroid dienone is 1. The summed E-state index contributed by atoms with van der Waals surface area (Å²) in [6.45, 7) is 4.50. The van der Waals surface area contributed by atoms with Crippen molar-refractivity contribution in [3.05, 3.63) is 12.2 Å². The Balaban J connectivity index is 3.99. The molecular formula is C35H69NO5S. The van der Waals surface area contributed by atoms with E-state index in [1.54, 1.807) is 6.08 Å². The van der Waals surface area contributed by atoms with Crippen LogP contribution in [0.1, 0.15) is 187 Å². The van der Waals surface area contributed by atoms with Gasteiger partial charge < -0.3 is 10.4 Å². The van der Waals surface area contributed by atoms with E-state index in [-0.39, 0.29) is 5.91 Å². The van der Waals surface area contributed by atoms with Crippen LogP contribution in [-0.4, -0.2) is 41.9 Å². The Hall–Kier alpha value is -0.920. The molecule has 0 aromatic heterocycles. The van der Waals surface area contributed by atoms with Gasteiger partial charge in [-0.05, 0) is 19.3 Å². The van der Waals surface area contributed by atoms with Gasteiger partial charge in [0.1, 0.15) is 0 Å². The van der Waals surface area contributed by atoms with E-state index in [1.165, 1.54) is 128 Å². The normalized spacial score (nSPS) is 13.5. The van der Waals surface area contributed by atoms with Gasteiger partial charge in [0.15, 0.2) is 0 Å². The molecule has 42 heavy (non-hydrogen) atoms. The standard InChI is InChI=1S/C35H69NO5S/c1-3-5-7-9-11-13-15-17-19-20-22-24-26-28-30-34(37)33(32-42(39,40)41)36-35(38)31-29-27-25-23-21-18-16-14-12-10-8-6-4-2/h28,30,33-34,37H,3-27,29,31-32H2,1-2H3,(H,36,38)(H,39,40,41)/b30-28+. The first-order valence-corrected chi connectivity index (χ1v) is 19.5. The minimum absolute atomic E-state index is 0.278. The second-order valence-corrected chi connectivity index (χ2v) is 14.0. The van der Waals surface area contributed by atoms with Gasteiger partial charge in [0, 0.05) is 6.42 Å². The van der Waals surface area contributed by atoms with E-state index in [4.69, 9.17) is 0 Å². The van der Waals surface area contributed by atoms with Crippen LogP contribution in [0.2, 0.25) is 0 Å². The first-order chi connectivity index (χ1) is 20.3. The lowest BCUT2D eigenvalue weighted by molar-refractivity contribution is -0.122. The van der Waals surface area contributed by atoms with Crippen LogP contribution in [0.5, 0.6) is 0 Å². The third kappa shape index (κ3) is 30.5. The summed E-state index contributed by atoms with van der Waals surface area (Å²) in [5, 5.41) is 13.2. The fraction of sp³-hybridized carbons (Fsp3) is 0.914. The first-order valence-electron chi connectivity index (χ1n) is 17.9. The van der Waals surface area contributed by atoms with E-state index in [1.807, 2.05) is 6.08 Å². The van der Waals surface area contributed by atoms with Gasteiger partial charge in [-0.25, -0.2) is 0 Å². The number of aliphatic hydroxyl groups excluding tert-OH is 1. The highest BCUT2D eigenvalue weighted by Gasteiger charge is 2.24. The van der Waals surface area contributed by atoms with E-state index in [2.05, 4.69) is 19.2 Å². The van der Waals surface area contributed by atoms with Crippen molar-refractivity contribution in [1.82, 2.24) is 5.32 Å². The van der Waals surface area contributed by atoms with Gasteiger partial charge in [0.05, 0.1) is 17.9 Å². The van der Waals surface area contributed by atoms with Gasteiger partial charge in [-0.3, -0.25) is 9.35 Å². The quantitative estimate of drug-likeness (QED) is 0.0397. The van der Waals surface area contributed by atoms with Crippen molar-refractivity contribution in [2.45, 2.75) is 199 Å². The van der Waals surface area contributed by atoms with Crippen LogP contribution in [0.15, 0.2) is 12.2 Å². The number of carbonyl (C=O) groups excluding carboxylic acids is 1. The smallest absolute Gasteiger partial charge is 0.267 e. The van der Waals surface area contributed by atoms with Gasteiger partial charge in [0.25, 0.3) is 10.1 Å². The zero-order valence-electron chi connectivity index (χ0n) is 27.6. The zero-order chi connectivity index (χ0) is 31.2. The molecule has 2 unspecified atom stereocenters. The third-order valence-corrected chi connectivity index (χ3v) is 8.99. The molecule has 7 heteroatoms. The number of unbranched alkanes of at least 4 members (excludes halogenated alkanes) is 24. The molecule has 0 saturated heterocycles. The Labute approximate surface area is 261 Å². The summed E-state index contributed by atoms with van der Waals surface area (Å²) in [7, 11) is -4.33. The number of hydrogen-bond donors (Lipinski definition) is 3. The fourth-order valence-electron chi connectivity index (χ4n) is 5.51. The second-order valence-electron chi connectivity index (χ2n) is 12.5. The molecule has 0 rings (SSSR count). The maximum Gasteiger partial charge on any atom is 0.267 e. The molecule has 0 bridgehead atoms. The summed E-state index contributed by atoms with van der Waals surface area (Å²) >= 11 is 0. The highest BCUT2D eigenvalue weighted by atomic mass is 32.2. The van der Waals surface area contributed by atoms with Gasteiger partial charge in [-0.1, -0.05) is 174 Å². The van der Waals surface area contributed by atoms with Gasteiger partial charge >= 0.3 is 0 Å². The minimum Gasteiger partial charge on any atom is -0.387 e. The Kier molecular flexibility index (Phi) is 29.5. The van der Waals surface area contributed by atoms with Crippen LogP contribution in [0, 0.1) is 0 Å². The number of hydrogen-bond acceptors (Lipinski definition) is 4. The predicted octanol–water partition coefficient (Wildman–Crippen LogP) is 9.85. The fourth-order valence-corrected chi connectivity index (χ4v) is 6.24. The lowest BCUT2D eigenvalue weighted by Gasteiger charge is -2.21. The van der Waals surface area contributed by atoms with Gasteiger partial charge in [0.2, 0.25) is 5.91 Å². The van der Waals surface area contributed by atoms with Crippen molar-refractivity contribution < 1.29 is 22.9 Å². The maximum absolute atomic E-state index is 12.4. The topological polar surface area (TPSA) is 104 Å². The molecule has 0 radical (unpaired) electrons. The van der Waals surface area contributed by atoms with Crippen molar-refractivity contribution in [1.29, 1.82) is 0 Å². The maximum atomic E-state index is 12.4. The van der Waals surface area contributed by atoms with Gasteiger partial charge in [-0.2, -0.15) is 8.42 Å². The minimum atomic E-state index is -4.33. The van der Waals surface area contributed by atoms with E-state index in [0.717, 1.165) is 38.5 Å². The number of amides is 1. The monoisotopic (exact) mass is 615 g/mol. The predicted molar refractivity (Wildman–Crippen MR) is 180 cm³/mol. The van der Waals surface area contributed by atoms with E-state index < -0.39 is 28.0 Å². The Morgan fingerprint density at radius 2 is 0.976 bits per heavy atom. The summed E-state index contributed by atoms with van der Waals surface area (Å²) in [5.41, 5.74) is 0. The number of carbonyl (C=O) groups is 1. The van der Waals surface area contributed by atoms with E-state index >= 15 is 0 Å². The summed E-state index contributed by atoms with van der Waals surface area (Å²) < 4.78 is 32.3. The largest absolute Gasteiger partial charge is 0.387 e. The third-order valence-electron chi connectivity index (χ3n) is 8.21. The highest BCUT2D eigenvalue weighted by Crippen LogP contribution is 2.14. The lowest BCUT2D eigenvalue weighted by atomic mass is 10.0. The Morgan fingerprint density at radius 3 is 1.36 bits per heavy atom. The molecule has 0 saturated carbocycles. The Morgan fingerprint density at radius 1 is 0.619 bits per heavy atom. The van der Waals surface area contributed by atoms with Gasteiger partial charge in [-0.15, -0.1) is 0 Å². The zero-order valence-corrected chi connectivity index (χ0v) is 28.5. The van der Waals surface area contributed by atoms with Crippen molar-refractivity contribution in [3.8, 4) is 0 Å². The molecule has 0 aromatic carbocycles. The first kappa shape index (κ1) is 41.1. The molecule has 3 N–H and O–H groups in total. The summed E-state index contributed by atoms with van der Waals surface area (Å²) in [4.78, 5) is 12.4. The summed E-state index contributed by atoms with van der Waals surface area (Å²) in [6.07, 6.45) is 34.7. The molecule has 0 heterocycles. The van der Waals surface area contributed by atoms with Crippen LogP contribution >= 0.6 is 0 Å².